The number of nitrogens with zero attached hydrogens (tertiary/aromatic N) is 1. The second kappa shape index (κ2) is 8.92. The molecule has 1 aliphatic heterocycles. The van der Waals surface area contributed by atoms with Crippen LogP contribution in [-0.4, -0.2) is 24.7 Å². The van der Waals surface area contributed by atoms with Gasteiger partial charge in [0.15, 0.2) is 0 Å². The Morgan fingerprint density at radius 1 is 1.00 bits per heavy atom. The fourth-order valence-electron chi connectivity index (χ4n) is 3.42. The monoisotopic (exact) mass is 436 g/mol. The van der Waals surface area contributed by atoms with Gasteiger partial charge in [-0.2, -0.15) is 13.2 Å². The molecule has 1 heterocycles. The van der Waals surface area contributed by atoms with Crippen molar-refractivity contribution in [3.8, 4) is 0 Å². The molecule has 0 radical (unpaired) electrons. The van der Waals surface area contributed by atoms with Crippen molar-refractivity contribution >= 4 is 29.0 Å². The molecule has 0 aliphatic carbocycles. The molecule has 0 unspecified atom stereocenters. The molecule has 0 aromatic heterocycles. The van der Waals surface area contributed by atoms with Crippen LogP contribution in [0.1, 0.15) is 44.7 Å². The van der Waals surface area contributed by atoms with E-state index in [-0.39, 0.29) is 17.1 Å². The second-order valence-electron chi connectivity index (χ2n) is 8.54. The van der Waals surface area contributed by atoms with Crippen LogP contribution >= 0.6 is 11.8 Å². The van der Waals surface area contributed by atoms with E-state index in [9.17, 15) is 18.0 Å². The third-order valence-corrected chi connectivity index (χ3v) is 6.15. The van der Waals surface area contributed by atoms with Crippen molar-refractivity contribution in [2.45, 2.75) is 50.1 Å². The molecule has 2 aromatic carbocycles. The summed E-state index contributed by atoms with van der Waals surface area (Å²) in [4.78, 5) is 15.4. The van der Waals surface area contributed by atoms with Gasteiger partial charge in [-0.3, -0.25) is 4.79 Å². The SMILES string of the molecule is CC(C)(C)c1ccc(SCC(=O)Nc2ccc(C(F)(F)F)cc2N2CCCC2)cc1. The maximum absolute atomic E-state index is 13.2. The van der Waals surface area contributed by atoms with Gasteiger partial charge in [0.25, 0.3) is 0 Å². The van der Waals surface area contributed by atoms with E-state index in [0.29, 0.717) is 24.5 Å². The minimum atomic E-state index is -4.41. The number of nitrogens with one attached hydrogen (secondary N) is 1. The number of thioether (sulfide) groups is 1. The van der Waals surface area contributed by atoms with Gasteiger partial charge in [-0.05, 0) is 54.2 Å². The minimum absolute atomic E-state index is 0.0646. The van der Waals surface area contributed by atoms with Crippen LogP contribution in [0.5, 0.6) is 0 Å². The van der Waals surface area contributed by atoms with E-state index < -0.39 is 11.7 Å². The van der Waals surface area contributed by atoms with Gasteiger partial charge in [-0.1, -0.05) is 32.9 Å². The number of carbonyl (C=O) groups is 1. The fourth-order valence-corrected chi connectivity index (χ4v) is 4.12. The van der Waals surface area contributed by atoms with Gasteiger partial charge >= 0.3 is 6.18 Å². The lowest BCUT2D eigenvalue weighted by Gasteiger charge is -2.23. The zero-order valence-corrected chi connectivity index (χ0v) is 18.3. The van der Waals surface area contributed by atoms with Crippen LogP contribution in [0.2, 0.25) is 0 Å². The third-order valence-electron chi connectivity index (χ3n) is 5.14. The number of carbonyl (C=O) groups excluding carboxylic acids is 1. The molecule has 1 fully saturated rings. The van der Waals surface area contributed by atoms with Crippen molar-refractivity contribution in [2.24, 2.45) is 0 Å². The Morgan fingerprint density at radius 2 is 1.60 bits per heavy atom. The first kappa shape index (κ1) is 22.5. The van der Waals surface area contributed by atoms with E-state index >= 15 is 0 Å². The number of amides is 1. The highest BCUT2D eigenvalue weighted by molar-refractivity contribution is 8.00. The Kier molecular flexibility index (Phi) is 6.70. The normalized spacial score (nSPS) is 14.8. The van der Waals surface area contributed by atoms with Crippen LogP contribution in [-0.2, 0) is 16.4 Å². The molecule has 3 rings (SSSR count). The Morgan fingerprint density at radius 3 is 2.17 bits per heavy atom. The lowest BCUT2D eigenvalue weighted by molar-refractivity contribution is -0.137. The molecule has 1 amide bonds. The number of alkyl halides is 3. The van der Waals surface area contributed by atoms with Crippen LogP contribution in [0.25, 0.3) is 0 Å². The Balaban J connectivity index is 1.68. The van der Waals surface area contributed by atoms with Crippen molar-refractivity contribution in [1.29, 1.82) is 0 Å². The zero-order valence-electron chi connectivity index (χ0n) is 17.5. The first-order chi connectivity index (χ1) is 14.0. The summed E-state index contributed by atoms with van der Waals surface area (Å²) < 4.78 is 39.5. The highest BCUT2D eigenvalue weighted by Gasteiger charge is 2.32. The summed E-state index contributed by atoms with van der Waals surface area (Å²) in [6.45, 7) is 7.82. The maximum atomic E-state index is 13.2. The molecule has 1 N–H and O–H groups in total. The summed E-state index contributed by atoms with van der Waals surface area (Å²) in [5.41, 5.74) is 1.45. The predicted octanol–water partition coefficient (Wildman–Crippen LogP) is 6.33. The third kappa shape index (κ3) is 5.72. The Labute approximate surface area is 180 Å². The topological polar surface area (TPSA) is 32.3 Å². The smallest absolute Gasteiger partial charge is 0.370 e. The van der Waals surface area contributed by atoms with Crippen molar-refractivity contribution in [1.82, 2.24) is 0 Å². The standard InChI is InChI=1S/C23H27F3N2OS/c1-22(2,3)16-6-9-18(10-7-16)30-15-21(29)27-19-11-8-17(23(24,25)26)14-20(19)28-12-4-5-13-28/h6-11,14H,4-5,12-13,15H2,1-3H3,(H,27,29). The van der Waals surface area contributed by atoms with Gasteiger partial charge in [0.05, 0.1) is 22.7 Å². The highest BCUT2D eigenvalue weighted by atomic mass is 32.2. The lowest BCUT2D eigenvalue weighted by atomic mass is 9.87. The zero-order chi connectivity index (χ0) is 21.9. The lowest BCUT2D eigenvalue weighted by Crippen LogP contribution is -2.22. The van der Waals surface area contributed by atoms with Crippen LogP contribution in [0.15, 0.2) is 47.4 Å². The molecule has 2 aromatic rings. The summed E-state index contributed by atoms with van der Waals surface area (Å²) in [5.74, 6) is -0.0462. The fraction of sp³-hybridized carbons (Fsp3) is 0.435. The van der Waals surface area contributed by atoms with Crippen molar-refractivity contribution < 1.29 is 18.0 Å². The van der Waals surface area contributed by atoms with Crippen molar-refractivity contribution in [3.05, 3.63) is 53.6 Å². The van der Waals surface area contributed by atoms with E-state index in [1.807, 2.05) is 17.0 Å². The van der Waals surface area contributed by atoms with Crippen molar-refractivity contribution in [2.75, 3.05) is 29.1 Å². The Bertz CT molecular complexity index is 883. The van der Waals surface area contributed by atoms with Crippen LogP contribution in [0, 0.1) is 0 Å². The number of rotatable bonds is 5. The number of anilines is 2. The van der Waals surface area contributed by atoms with Gasteiger partial charge in [0.1, 0.15) is 0 Å². The molecule has 0 bridgehead atoms. The largest absolute Gasteiger partial charge is 0.416 e. The summed E-state index contributed by atoms with van der Waals surface area (Å²) >= 11 is 1.41. The van der Waals surface area contributed by atoms with Crippen LogP contribution in [0.4, 0.5) is 24.5 Å². The van der Waals surface area contributed by atoms with Gasteiger partial charge < -0.3 is 10.2 Å². The number of hydrogen-bond donors (Lipinski definition) is 1. The number of halogens is 3. The quantitative estimate of drug-likeness (QED) is 0.556. The van der Waals surface area contributed by atoms with Gasteiger partial charge in [-0.15, -0.1) is 11.8 Å². The summed E-state index contributed by atoms with van der Waals surface area (Å²) in [7, 11) is 0. The molecule has 162 valence electrons. The molecule has 1 aliphatic rings. The van der Waals surface area contributed by atoms with E-state index in [1.165, 1.54) is 23.4 Å². The average molecular weight is 437 g/mol. The maximum Gasteiger partial charge on any atom is 0.416 e. The first-order valence-corrected chi connectivity index (χ1v) is 11.0. The predicted molar refractivity (Wildman–Crippen MR) is 117 cm³/mol. The molecule has 0 spiro atoms. The summed E-state index contributed by atoms with van der Waals surface area (Å²) in [6, 6.07) is 11.6. The van der Waals surface area contributed by atoms with Gasteiger partial charge in [0, 0.05) is 18.0 Å². The molecule has 30 heavy (non-hydrogen) atoms. The molecular weight excluding hydrogens is 409 g/mol. The van der Waals surface area contributed by atoms with E-state index in [2.05, 4.69) is 38.2 Å². The van der Waals surface area contributed by atoms with E-state index in [4.69, 9.17) is 0 Å². The number of benzene rings is 2. The average Bonchev–Trinajstić information content (AvgIpc) is 3.20. The molecular formula is C23H27F3N2OS. The molecule has 3 nitrogen and oxygen atoms in total. The van der Waals surface area contributed by atoms with Crippen LogP contribution < -0.4 is 10.2 Å². The minimum Gasteiger partial charge on any atom is -0.370 e. The summed E-state index contributed by atoms with van der Waals surface area (Å²) in [5, 5.41) is 2.80. The van der Waals surface area contributed by atoms with E-state index in [1.54, 1.807) is 0 Å². The highest BCUT2D eigenvalue weighted by Crippen LogP contribution is 2.37. The van der Waals surface area contributed by atoms with Crippen molar-refractivity contribution in [3.63, 3.8) is 0 Å². The first-order valence-electron chi connectivity index (χ1n) is 10.0. The molecule has 7 heteroatoms. The Hall–Kier alpha value is -2.15. The molecule has 1 saturated heterocycles. The summed E-state index contributed by atoms with van der Waals surface area (Å²) in [6.07, 6.45) is -2.54. The molecule has 0 saturated carbocycles. The van der Waals surface area contributed by atoms with Crippen LogP contribution in [0.3, 0.4) is 0 Å². The number of hydrogen-bond acceptors (Lipinski definition) is 3. The second-order valence-corrected chi connectivity index (χ2v) is 9.58. The van der Waals surface area contributed by atoms with Gasteiger partial charge in [-0.25, -0.2) is 0 Å². The van der Waals surface area contributed by atoms with Gasteiger partial charge in [0.2, 0.25) is 5.91 Å². The van der Waals surface area contributed by atoms with E-state index in [0.717, 1.165) is 29.9 Å². The molecule has 0 atom stereocenters.